The second kappa shape index (κ2) is 17.7. The summed E-state index contributed by atoms with van der Waals surface area (Å²) < 4.78 is 0. The Kier molecular flexibility index (Phi) is 16.5. The number of carboxylic acids is 1. The minimum atomic E-state index is -0.769. The number of rotatable bonds is 15. The minimum Gasteiger partial charge on any atom is -0.481 e. The second-order valence-corrected chi connectivity index (χ2v) is 5.65. The largest absolute Gasteiger partial charge is 0.481 e. The quantitative estimate of drug-likeness (QED) is 0.238. The predicted molar refractivity (Wildman–Crippen MR) is 98.8 cm³/mol. The van der Waals surface area contributed by atoms with Gasteiger partial charge in [-0.25, -0.2) is 0 Å². The molecule has 0 spiro atoms. The van der Waals surface area contributed by atoms with Gasteiger partial charge >= 0.3 is 5.97 Å². The van der Waals surface area contributed by atoms with Crippen molar-refractivity contribution in [1.82, 2.24) is 0 Å². The number of carboxylic acid groups (broad SMARTS) is 1. The molecule has 1 atom stereocenters. The first kappa shape index (κ1) is 22.4. The van der Waals surface area contributed by atoms with Crippen LogP contribution in [0.4, 0.5) is 0 Å². The molecule has 4 heteroatoms. The van der Waals surface area contributed by atoms with Crippen molar-refractivity contribution in [3.05, 3.63) is 48.6 Å². The average molecular weight is 336 g/mol. The van der Waals surface area contributed by atoms with Crippen LogP contribution in [0.2, 0.25) is 0 Å². The van der Waals surface area contributed by atoms with Crippen LogP contribution in [0.3, 0.4) is 0 Å². The van der Waals surface area contributed by atoms with Gasteiger partial charge in [0, 0.05) is 13.0 Å². The van der Waals surface area contributed by atoms with Gasteiger partial charge in [-0.1, -0.05) is 55.0 Å². The van der Waals surface area contributed by atoms with Crippen LogP contribution in [-0.2, 0) is 4.79 Å². The maximum absolute atomic E-state index is 10.3. The highest BCUT2D eigenvalue weighted by atomic mass is 16.4. The maximum Gasteiger partial charge on any atom is 0.303 e. The van der Waals surface area contributed by atoms with Gasteiger partial charge in [0.15, 0.2) is 0 Å². The SMILES string of the molecule is O=C(O)CCC/C=C\CC(O)/C=C/C=C\C/C=C\CCCCCO. The van der Waals surface area contributed by atoms with Crippen molar-refractivity contribution >= 4 is 5.97 Å². The summed E-state index contributed by atoms with van der Waals surface area (Å²) >= 11 is 0. The monoisotopic (exact) mass is 336 g/mol. The van der Waals surface area contributed by atoms with E-state index in [1.54, 1.807) is 6.08 Å². The Balaban J connectivity index is 3.61. The van der Waals surface area contributed by atoms with Crippen molar-refractivity contribution in [2.24, 2.45) is 0 Å². The summed E-state index contributed by atoms with van der Waals surface area (Å²) in [5, 5.41) is 26.9. The lowest BCUT2D eigenvalue weighted by Gasteiger charge is -1.99. The fourth-order valence-corrected chi connectivity index (χ4v) is 2.00. The molecule has 24 heavy (non-hydrogen) atoms. The molecule has 136 valence electrons. The Morgan fingerprint density at radius 2 is 1.62 bits per heavy atom. The fourth-order valence-electron chi connectivity index (χ4n) is 2.00. The average Bonchev–Trinajstić information content (AvgIpc) is 2.55. The molecule has 0 amide bonds. The van der Waals surface area contributed by atoms with E-state index in [2.05, 4.69) is 12.2 Å². The second-order valence-electron chi connectivity index (χ2n) is 5.65. The summed E-state index contributed by atoms with van der Waals surface area (Å²) in [5.74, 6) is -0.769. The Morgan fingerprint density at radius 1 is 0.875 bits per heavy atom. The van der Waals surface area contributed by atoms with E-state index in [-0.39, 0.29) is 13.0 Å². The van der Waals surface area contributed by atoms with Crippen molar-refractivity contribution in [2.45, 2.75) is 63.9 Å². The van der Waals surface area contributed by atoms with Gasteiger partial charge in [0.1, 0.15) is 0 Å². The van der Waals surface area contributed by atoms with Crippen molar-refractivity contribution in [3.8, 4) is 0 Å². The fraction of sp³-hybridized carbons (Fsp3) is 0.550. The van der Waals surface area contributed by atoms with Crippen LogP contribution >= 0.6 is 0 Å². The molecule has 3 N–H and O–H groups in total. The molecule has 0 heterocycles. The van der Waals surface area contributed by atoms with Crippen LogP contribution in [0.25, 0.3) is 0 Å². The first-order valence-corrected chi connectivity index (χ1v) is 8.81. The van der Waals surface area contributed by atoms with Gasteiger partial charge in [0.25, 0.3) is 0 Å². The highest BCUT2D eigenvalue weighted by Crippen LogP contribution is 2.02. The van der Waals surface area contributed by atoms with E-state index in [1.807, 2.05) is 30.4 Å². The third-order valence-corrected chi connectivity index (χ3v) is 3.35. The van der Waals surface area contributed by atoms with E-state index in [1.165, 1.54) is 0 Å². The van der Waals surface area contributed by atoms with Crippen molar-refractivity contribution in [3.63, 3.8) is 0 Å². The molecule has 0 saturated carbocycles. The van der Waals surface area contributed by atoms with E-state index in [9.17, 15) is 9.90 Å². The number of hydrogen-bond acceptors (Lipinski definition) is 3. The number of hydrogen-bond donors (Lipinski definition) is 3. The van der Waals surface area contributed by atoms with Gasteiger partial charge < -0.3 is 15.3 Å². The van der Waals surface area contributed by atoms with Crippen molar-refractivity contribution in [1.29, 1.82) is 0 Å². The van der Waals surface area contributed by atoms with Crippen LogP contribution in [-0.4, -0.2) is 34.0 Å². The first-order valence-electron chi connectivity index (χ1n) is 8.81. The van der Waals surface area contributed by atoms with Crippen LogP contribution in [0.5, 0.6) is 0 Å². The number of aliphatic carboxylic acids is 1. The zero-order valence-electron chi connectivity index (χ0n) is 14.5. The zero-order chi connectivity index (χ0) is 17.9. The van der Waals surface area contributed by atoms with Gasteiger partial charge in [0.05, 0.1) is 6.10 Å². The molecule has 1 unspecified atom stereocenters. The minimum absolute atomic E-state index is 0.189. The molecule has 0 bridgehead atoms. The maximum atomic E-state index is 10.3. The summed E-state index contributed by atoms with van der Waals surface area (Å²) in [4.78, 5) is 10.3. The highest BCUT2D eigenvalue weighted by Gasteiger charge is 1.95. The summed E-state index contributed by atoms with van der Waals surface area (Å²) in [6.07, 6.45) is 22.3. The van der Waals surface area contributed by atoms with Crippen LogP contribution < -0.4 is 0 Å². The summed E-state index contributed by atoms with van der Waals surface area (Å²) in [6.45, 7) is 0.283. The lowest BCUT2D eigenvalue weighted by molar-refractivity contribution is -0.137. The van der Waals surface area contributed by atoms with Crippen molar-refractivity contribution in [2.75, 3.05) is 6.61 Å². The summed E-state index contributed by atoms with van der Waals surface area (Å²) in [5.41, 5.74) is 0. The van der Waals surface area contributed by atoms with E-state index in [0.29, 0.717) is 12.8 Å². The molecule has 0 rings (SSSR count). The topological polar surface area (TPSA) is 77.8 Å². The Labute approximate surface area is 145 Å². The van der Waals surface area contributed by atoms with Gasteiger partial charge in [-0.3, -0.25) is 4.79 Å². The normalized spacial score (nSPS) is 13.8. The number of carbonyl (C=O) groups is 1. The van der Waals surface area contributed by atoms with Crippen LogP contribution in [0.1, 0.15) is 57.8 Å². The van der Waals surface area contributed by atoms with Gasteiger partial charge in [-0.05, 0) is 44.9 Å². The Bertz CT molecular complexity index is 408. The van der Waals surface area contributed by atoms with Gasteiger partial charge in [-0.15, -0.1) is 0 Å². The molecule has 4 nitrogen and oxygen atoms in total. The van der Waals surface area contributed by atoms with Crippen molar-refractivity contribution < 1.29 is 20.1 Å². The van der Waals surface area contributed by atoms with E-state index >= 15 is 0 Å². The number of unbranched alkanes of at least 4 members (excludes halogenated alkanes) is 4. The lowest BCUT2D eigenvalue weighted by Crippen LogP contribution is -1.98. The molecule has 0 fully saturated rings. The molecule has 0 saturated heterocycles. The standard InChI is InChI=1S/C20H32O4/c21-18-14-10-6-4-2-1-3-5-7-11-15-19(22)16-12-8-9-13-17-20(23)24/h1-2,5,7-8,11-12,15,19,21-22H,3-4,6,9-10,13-14,16-18H2,(H,23,24)/b2-1-,7-5-,12-8-,15-11+. The third-order valence-electron chi connectivity index (χ3n) is 3.35. The molecular weight excluding hydrogens is 304 g/mol. The first-order chi connectivity index (χ1) is 11.7. The van der Waals surface area contributed by atoms with Crippen LogP contribution in [0, 0.1) is 0 Å². The predicted octanol–water partition coefficient (Wildman–Crippen LogP) is 4.16. The molecule has 0 aromatic carbocycles. The molecule has 0 radical (unpaired) electrons. The molecule has 0 aliphatic carbocycles. The summed E-state index contributed by atoms with van der Waals surface area (Å²) in [6, 6.07) is 0. The number of allylic oxidation sites excluding steroid dienone is 6. The summed E-state index contributed by atoms with van der Waals surface area (Å²) in [7, 11) is 0. The van der Waals surface area contributed by atoms with E-state index in [0.717, 1.165) is 38.5 Å². The molecular formula is C20H32O4. The van der Waals surface area contributed by atoms with Gasteiger partial charge in [-0.2, -0.15) is 0 Å². The molecule has 0 aliphatic rings. The smallest absolute Gasteiger partial charge is 0.303 e. The molecule has 0 aromatic rings. The molecule has 0 aromatic heterocycles. The Hall–Kier alpha value is -1.65. The van der Waals surface area contributed by atoms with E-state index in [4.69, 9.17) is 10.2 Å². The number of aliphatic hydroxyl groups excluding tert-OH is 2. The molecule has 0 aliphatic heterocycles. The van der Waals surface area contributed by atoms with Crippen LogP contribution in [0.15, 0.2) is 48.6 Å². The third kappa shape index (κ3) is 18.4. The Morgan fingerprint density at radius 3 is 2.38 bits per heavy atom. The number of aliphatic hydroxyl groups is 2. The van der Waals surface area contributed by atoms with E-state index < -0.39 is 12.1 Å². The van der Waals surface area contributed by atoms with Gasteiger partial charge in [0.2, 0.25) is 0 Å². The lowest BCUT2D eigenvalue weighted by atomic mass is 10.1. The highest BCUT2D eigenvalue weighted by molar-refractivity contribution is 5.66. The zero-order valence-corrected chi connectivity index (χ0v) is 14.5.